The summed E-state index contributed by atoms with van der Waals surface area (Å²) in [6, 6.07) is 17.2. The van der Waals surface area contributed by atoms with Gasteiger partial charge in [-0.05, 0) is 48.0 Å². The van der Waals surface area contributed by atoms with Gasteiger partial charge < -0.3 is 5.32 Å². The van der Waals surface area contributed by atoms with Gasteiger partial charge in [0.25, 0.3) is 17.7 Å². The maximum absolute atomic E-state index is 13.6. The second-order valence-corrected chi connectivity index (χ2v) is 6.93. The van der Waals surface area contributed by atoms with Gasteiger partial charge in [-0.2, -0.15) is 0 Å². The van der Waals surface area contributed by atoms with Crippen molar-refractivity contribution in [1.29, 1.82) is 0 Å². The number of carbonyl (C=O) groups excluding carboxylic acids is 3. The molecule has 1 aliphatic heterocycles. The molecule has 1 heterocycles. The third-order valence-corrected chi connectivity index (χ3v) is 4.89. The molecule has 0 fully saturated rings. The first-order chi connectivity index (χ1) is 13.9. The molecule has 0 spiro atoms. The van der Waals surface area contributed by atoms with Gasteiger partial charge in [0.15, 0.2) is 0 Å². The minimum absolute atomic E-state index is 0.0362. The maximum atomic E-state index is 13.6. The average Bonchev–Trinajstić information content (AvgIpc) is 2.96. The zero-order chi connectivity index (χ0) is 20.5. The first-order valence-corrected chi connectivity index (χ1v) is 9.12. The standard InChI is InChI=1S/C22H14ClFN2O3/c23-18-9-8-15(11-19(18)24)25-20(27)14-5-3-4-13(10-14)12-26-21(28)16-6-1-2-7-17(16)22(26)29/h1-11H,12H2,(H,25,27). The lowest BCUT2D eigenvalue weighted by molar-refractivity contribution is 0.0642. The fourth-order valence-corrected chi connectivity index (χ4v) is 3.27. The number of amides is 3. The van der Waals surface area contributed by atoms with Crippen LogP contribution in [-0.2, 0) is 6.54 Å². The van der Waals surface area contributed by atoms with E-state index in [9.17, 15) is 18.8 Å². The zero-order valence-corrected chi connectivity index (χ0v) is 15.7. The van der Waals surface area contributed by atoms with E-state index in [-0.39, 0.29) is 29.1 Å². The second kappa shape index (κ2) is 7.48. The number of carbonyl (C=O) groups is 3. The molecule has 4 rings (SSSR count). The Bertz CT molecular complexity index is 1130. The molecule has 0 aliphatic carbocycles. The number of rotatable bonds is 4. The lowest BCUT2D eigenvalue weighted by Crippen LogP contribution is -2.29. The van der Waals surface area contributed by atoms with E-state index in [0.717, 1.165) is 11.0 Å². The van der Waals surface area contributed by atoms with E-state index >= 15 is 0 Å². The fraction of sp³-hybridized carbons (Fsp3) is 0.0455. The lowest BCUT2D eigenvalue weighted by Gasteiger charge is -2.14. The van der Waals surface area contributed by atoms with Gasteiger partial charge in [0.05, 0.1) is 22.7 Å². The summed E-state index contributed by atoms with van der Waals surface area (Å²) in [7, 11) is 0. The number of hydrogen-bond acceptors (Lipinski definition) is 3. The molecular weight excluding hydrogens is 395 g/mol. The molecule has 29 heavy (non-hydrogen) atoms. The molecule has 1 aliphatic rings. The highest BCUT2D eigenvalue weighted by atomic mass is 35.5. The summed E-state index contributed by atoms with van der Waals surface area (Å²) in [6.07, 6.45) is 0. The number of nitrogens with one attached hydrogen (secondary N) is 1. The summed E-state index contributed by atoms with van der Waals surface area (Å²) >= 11 is 5.65. The summed E-state index contributed by atoms with van der Waals surface area (Å²) in [4.78, 5) is 38.7. The molecular formula is C22H14ClFN2O3. The normalized spacial score (nSPS) is 12.8. The predicted octanol–water partition coefficient (Wildman–Crippen LogP) is 4.53. The molecule has 0 saturated heterocycles. The topological polar surface area (TPSA) is 66.5 Å². The molecule has 3 aromatic rings. The SMILES string of the molecule is O=C(Nc1ccc(Cl)c(F)c1)c1cccc(CN2C(=O)c3ccccc3C2=O)c1. The van der Waals surface area contributed by atoms with Gasteiger partial charge in [0.2, 0.25) is 0 Å². The van der Waals surface area contributed by atoms with Gasteiger partial charge in [-0.15, -0.1) is 0 Å². The van der Waals surface area contributed by atoms with Crippen LogP contribution < -0.4 is 5.32 Å². The summed E-state index contributed by atoms with van der Waals surface area (Å²) in [5, 5.41) is 2.56. The molecule has 0 saturated carbocycles. The van der Waals surface area contributed by atoms with Crippen molar-refractivity contribution in [1.82, 2.24) is 4.90 Å². The molecule has 3 amide bonds. The predicted molar refractivity (Wildman–Crippen MR) is 106 cm³/mol. The van der Waals surface area contributed by atoms with Crippen LogP contribution in [-0.4, -0.2) is 22.6 Å². The zero-order valence-electron chi connectivity index (χ0n) is 15.0. The second-order valence-electron chi connectivity index (χ2n) is 6.53. The van der Waals surface area contributed by atoms with Gasteiger partial charge >= 0.3 is 0 Å². The van der Waals surface area contributed by atoms with Gasteiger partial charge in [-0.1, -0.05) is 35.9 Å². The summed E-state index contributed by atoms with van der Waals surface area (Å²) < 4.78 is 13.6. The molecule has 7 heteroatoms. The van der Waals surface area contributed by atoms with Crippen molar-refractivity contribution in [3.63, 3.8) is 0 Å². The third-order valence-electron chi connectivity index (χ3n) is 4.59. The Labute approximate surface area is 170 Å². The number of benzene rings is 3. The van der Waals surface area contributed by atoms with E-state index in [1.165, 1.54) is 12.1 Å². The van der Waals surface area contributed by atoms with E-state index in [0.29, 0.717) is 22.3 Å². The molecule has 0 aromatic heterocycles. The number of halogens is 2. The van der Waals surface area contributed by atoms with Crippen LogP contribution in [0.1, 0.15) is 36.6 Å². The highest BCUT2D eigenvalue weighted by molar-refractivity contribution is 6.30. The van der Waals surface area contributed by atoms with Gasteiger partial charge in [0.1, 0.15) is 5.82 Å². The Morgan fingerprint density at radius 3 is 2.28 bits per heavy atom. The molecule has 0 bridgehead atoms. The summed E-state index contributed by atoms with van der Waals surface area (Å²) in [5.41, 5.74) is 1.94. The van der Waals surface area contributed by atoms with E-state index < -0.39 is 11.7 Å². The number of fused-ring (bicyclic) bond motifs is 1. The van der Waals surface area contributed by atoms with Crippen molar-refractivity contribution in [2.75, 3.05) is 5.32 Å². The van der Waals surface area contributed by atoms with E-state index in [4.69, 9.17) is 11.6 Å². The minimum atomic E-state index is -0.635. The van der Waals surface area contributed by atoms with Gasteiger partial charge in [0, 0.05) is 11.3 Å². The van der Waals surface area contributed by atoms with Crippen molar-refractivity contribution in [3.8, 4) is 0 Å². The number of anilines is 1. The minimum Gasteiger partial charge on any atom is -0.322 e. The van der Waals surface area contributed by atoms with E-state index in [1.807, 2.05) is 0 Å². The monoisotopic (exact) mass is 408 g/mol. The van der Waals surface area contributed by atoms with Crippen LogP contribution in [0.15, 0.2) is 66.7 Å². The fourth-order valence-electron chi connectivity index (χ4n) is 3.15. The molecule has 0 radical (unpaired) electrons. The lowest BCUT2D eigenvalue weighted by atomic mass is 10.1. The van der Waals surface area contributed by atoms with Crippen LogP contribution in [0.5, 0.6) is 0 Å². The van der Waals surface area contributed by atoms with Crippen LogP contribution in [0.25, 0.3) is 0 Å². The van der Waals surface area contributed by atoms with Crippen LogP contribution in [0.4, 0.5) is 10.1 Å². The quantitative estimate of drug-likeness (QED) is 0.645. The molecule has 0 atom stereocenters. The van der Waals surface area contributed by atoms with Crippen molar-refractivity contribution >= 4 is 35.0 Å². The van der Waals surface area contributed by atoms with E-state index in [2.05, 4.69) is 5.32 Å². The molecule has 5 nitrogen and oxygen atoms in total. The van der Waals surface area contributed by atoms with Gasteiger partial charge in [-0.25, -0.2) is 4.39 Å². The summed E-state index contributed by atoms with van der Waals surface area (Å²) in [5.74, 6) is -1.81. The van der Waals surface area contributed by atoms with Crippen molar-refractivity contribution in [3.05, 3.63) is 99.8 Å². The number of imide groups is 1. The van der Waals surface area contributed by atoms with Crippen LogP contribution in [0.3, 0.4) is 0 Å². The first-order valence-electron chi connectivity index (χ1n) is 8.74. The Kier molecular flexibility index (Phi) is 4.86. The van der Waals surface area contributed by atoms with Crippen molar-refractivity contribution in [2.45, 2.75) is 6.54 Å². The van der Waals surface area contributed by atoms with Crippen LogP contribution in [0.2, 0.25) is 5.02 Å². The average molecular weight is 409 g/mol. The number of hydrogen-bond donors (Lipinski definition) is 1. The summed E-state index contributed by atoms with van der Waals surface area (Å²) in [6.45, 7) is 0.0447. The van der Waals surface area contributed by atoms with Crippen molar-refractivity contribution < 1.29 is 18.8 Å². The van der Waals surface area contributed by atoms with E-state index in [1.54, 1.807) is 48.5 Å². The smallest absolute Gasteiger partial charge is 0.261 e. The molecule has 144 valence electrons. The van der Waals surface area contributed by atoms with Crippen LogP contribution in [0, 0.1) is 5.82 Å². The molecule has 0 unspecified atom stereocenters. The van der Waals surface area contributed by atoms with Gasteiger partial charge in [-0.3, -0.25) is 19.3 Å². The molecule has 3 aromatic carbocycles. The Morgan fingerprint density at radius 2 is 1.62 bits per heavy atom. The highest BCUT2D eigenvalue weighted by Crippen LogP contribution is 2.25. The maximum Gasteiger partial charge on any atom is 0.261 e. The molecule has 1 N–H and O–H groups in total. The number of nitrogens with zero attached hydrogens (tertiary/aromatic N) is 1. The first kappa shape index (κ1) is 18.8. The Balaban J connectivity index is 1.52. The Hall–Kier alpha value is -3.51. The Morgan fingerprint density at radius 1 is 0.931 bits per heavy atom. The van der Waals surface area contributed by atoms with Crippen LogP contribution >= 0.6 is 11.6 Å². The highest BCUT2D eigenvalue weighted by Gasteiger charge is 2.34. The largest absolute Gasteiger partial charge is 0.322 e. The third kappa shape index (κ3) is 3.62. The van der Waals surface area contributed by atoms with Crippen molar-refractivity contribution in [2.24, 2.45) is 0 Å².